The molecule has 0 bridgehead atoms. The van der Waals surface area contributed by atoms with E-state index in [0.29, 0.717) is 28.6 Å². The minimum atomic E-state index is -0.320. The van der Waals surface area contributed by atoms with Crippen LogP contribution < -0.4 is 10.6 Å². The molecule has 1 aromatic heterocycles. The van der Waals surface area contributed by atoms with Crippen molar-refractivity contribution in [2.45, 2.75) is 26.7 Å². The highest BCUT2D eigenvalue weighted by atomic mass is 16.5. The van der Waals surface area contributed by atoms with Crippen LogP contribution in [0.1, 0.15) is 51.8 Å². The number of rotatable bonds is 5. The molecule has 0 saturated heterocycles. The molecule has 3 aromatic rings. The maximum atomic E-state index is 12.4. The highest BCUT2D eigenvalue weighted by Crippen LogP contribution is 2.18. The lowest BCUT2D eigenvalue weighted by atomic mass is 10.0. The Bertz CT molecular complexity index is 942. The second kappa shape index (κ2) is 7.86. The van der Waals surface area contributed by atoms with E-state index in [1.54, 1.807) is 37.3 Å². The first kappa shape index (κ1) is 18.4. The van der Waals surface area contributed by atoms with Gasteiger partial charge in [-0.2, -0.15) is 0 Å². The van der Waals surface area contributed by atoms with Crippen LogP contribution in [0.2, 0.25) is 0 Å². The van der Waals surface area contributed by atoms with Crippen molar-refractivity contribution in [1.82, 2.24) is 5.16 Å². The van der Waals surface area contributed by atoms with E-state index in [1.165, 1.54) is 5.56 Å². The van der Waals surface area contributed by atoms with Crippen molar-refractivity contribution >= 4 is 23.3 Å². The minimum Gasteiger partial charge on any atom is -0.360 e. The predicted molar refractivity (Wildman–Crippen MR) is 104 cm³/mol. The molecule has 2 N–H and O–H groups in total. The summed E-state index contributed by atoms with van der Waals surface area (Å²) >= 11 is 0. The molecule has 0 aliphatic heterocycles. The van der Waals surface area contributed by atoms with Crippen molar-refractivity contribution in [2.75, 3.05) is 10.6 Å². The first-order chi connectivity index (χ1) is 12.9. The molecule has 0 radical (unpaired) electrons. The standard InChI is InChI=1S/C21H21N3O3/c1-13(2)15-8-10-18(11-9-15)22-20(25)16-4-6-17(7-5-16)21(26)23-19-12-14(3)27-24-19/h4-13H,1-3H3,(H,22,25)(H,23,24,26). The van der Waals surface area contributed by atoms with Gasteiger partial charge in [-0.05, 0) is 54.8 Å². The number of amides is 2. The molecule has 6 nitrogen and oxygen atoms in total. The van der Waals surface area contributed by atoms with Crippen molar-refractivity contribution in [1.29, 1.82) is 0 Å². The molecular weight excluding hydrogens is 342 g/mol. The third kappa shape index (κ3) is 4.61. The second-order valence-electron chi connectivity index (χ2n) is 6.59. The lowest BCUT2D eigenvalue weighted by Gasteiger charge is -2.09. The van der Waals surface area contributed by atoms with E-state index in [1.807, 2.05) is 24.3 Å². The lowest BCUT2D eigenvalue weighted by molar-refractivity contribution is 0.101. The molecule has 0 atom stereocenters. The van der Waals surface area contributed by atoms with E-state index in [9.17, 15) is 9.59 Å². The number of hydrogen-bond acceptors (Lipinski definition) is 4. The van der Waals surface area contributed by atoms with Gasteiger partial charge in [-0.3, -0.25) is 9.59 Å². The van der Waals surface area contributed by atoms with Crippen LogP contribution in [-0.4, -0.2) is 17.0 Å². The average Bonchev–Trinajstić information content (AvgIpc) is 3.07. The summed E-state index contributed by atoms with van der Waals surface area (Å²) in [5, 5.41) is 9.21. The number of hydrogen-bond donors (Lipinski definition) is 2. The molecule has 0 spiro atoms. The SMILES string of the molecule is Cc1cc(NC(=O)c2ccc(C(=O)Nc3ccc(C(C)C)cc3)cc2)no1. The summed E-state index contributed by atoms with van der Waals surface area (Å²) in [6, 6.07) is 15.8. The van der Waals surface area contributed by atoms with E-state index in [-0.39, 0.29) is 11.8 Å². The van der Waals surface area contributed by atoms with Crippen LogP contribution in [-0.2, 0) is 0 Å². The summed E-state index contributed by atoms with van der Waals surface area (Å²) in [7, 11) is 0. The van der Waals surface area contributed by atoms with Crippen molar-refractivity contribution < 1.29 is 14.1 Å². The molecular formula is C21H21N3O3. The summed E-state index contributed by atoms with van der Waals surface area (Å²) in [5.74, 6) is 0.850. The van der Waals surface area contributed by atoms with Gasteiger partial charge < -0.3 is 15.2 Å². The fourth-order valence-electron chi connectivity index (χ4n) is 2.54. The smallest absolute Gasteiger partial charge is 0.256 e. The van der Waals surface area contributed by atoms with Crippen LogP contribution in [0.25, 0.3) is 0 Å². The average molecular weight is 363 g/mol. The number of carbonyl (C=O) groups is 2. The highest BCUT2D eigenvalue weighted by molar-refractivity contribution is 6.06. The zero-order chi connectivity index (χ0) is 19.4. The molecule has 0 saturated carbocycles. The van der Waals surface area contributed by atoms with E-state index in [4.69, 9.17) is 4.52 Å². The number of nitrogens with one attached hydrogen (secondary N) is 2. The molecule has 2 amide bonds. The van der Waals surface area contributed by atoms with Gasteiger partial charge in [0.1, 0.15) is 5.76 Å². The van der Waals surface area contributed by atoms with Crippen LogP contribution in [0.15, 0.2) is 59.1 Å². The van der Waals surface area contributed by atoms with Gasteiger partial charge in [-0.1, -0.05) is 31.1 Å². The minimum absolute atomic E-state index is 0.230. The Hall–Kier alpha value is -3.41. The second-order valence-corrected chi connectivity index (χ2v) is 6.59. The van der Waals surface area contributed by atoms with Gasteiger partial charge in [-0.25, -0.2) is 0 Å². The van der Waals surface area contributed by atoms with Gasteiger partial charge in [0.05, 0.1) is 0 Å². The summed E-state index contributed by atoms with van der Waals surface area (Å²) in [6.45, 7) is 5.98. The third-order valence-electron chi connectivity index (χ3n) is 4.11. The first-order valence-corrected chi connectivity index (χ1v) is 8.68. The molecule has 0 aliphatic rings. The lowest BCUT2D eigenvalue weighted by Crippen LogP contribution is -2.14. The third-order valence-corrected chi connectivity index (χ3v) is 4.11. The van der Waals surface area contributed by atoms with Crippen LogP contribution >= 0.6 is 0 Å². The molecule has 0 unspecified atom stereocenters. The van der Waals surface area contributed by atoms with Gasteiger partial charge in [0.2, 0.25) is 0 Å². The summed E-state index contributed by atoms with van der Waals surface area (Å²) in [5.41, 5.74) is 2.84. The Labute approximate surface area is 157 Å². The van der Waals surface area contributed by atoms with E-state index >= 15 is 0 Å². The Morgan fingerprint density at radius 3 is 1.93 bits per heavy atom. The molecule has 1 heterocycles. The number of anilines is 2. The number of benzene rings is 2. The topological polar surface area (TPSA) is 84.2 Å². The van der Waals surface area contributed by atoms with Crippen molar-refractivity contribution in [3.8, 4) is 0 Å². The van der Waals surface area contributed by atoms with E-state index in [0.717, 1.165) is 5.69 Å². The molecule has 27 heavy (non-hydrogen) atoms. The fraction of sp³-hybridized carbons (Fsp3) is 0.190. The van der Waals surface area contributed by atoms with Crippen molar-refractivity contribution in [3.63, 3.8) is 0 Å². The molecule has 0 aliphatic carbocycles. The Kier molecular flexibility index (Phi) is 5.35. The Balaban J connectivity index is 1.63. The van der Waals surface area contributed by atoms with Crippen molar-refractivity contribution in [2.24, 2.45) is 0 Å². The molecule has 0 fully saturated rings. The number of aromatic nitrogens is 1. The van der Waals surface area contributed by atoms with E-state index in [2.05, 4.69) is 29.6 Å². The molecule has 2 aromatic carbocycles. The first-order valence-electron chi connectivity index (χ1n) is 8.68. The summed E-state index contributed by atoms with van der Waals surface area (Å²) in [4.78, 5) is 24.6. The number of carbonyl (C=O) groups excluding carboxylic acids is 2. The number of aryl methyl sites for hydroxylation is 1. The van der Waals surface area contributed by atoms with Crippen LogP contribution in [0.4, 0.5) is 11.5 Å². The molecule has 138 valence electrons. The Morgan fingerprint density at radius 2 is 1.44 bits per heavy atom. The molecule has 3 rings (SSSR count). The maximum Gasteiger partial charge on any atom is 0.256 e. The number of nitrogens with zero attached hydrogens (tertiary/aromatic N) is 1. The van der Waals surface area contributed by atoms with E-state index < -0.39 is 0 Å². The highest BCUT2D eigenvalue weighted by Gasteiger charge is 2.11. The predicted octanol–water partition coefficient (Wildman–Crippen LogP) is 4.61. The molecule has 6 heteroatoms. The van der Waals surface area contributed by atoms with Crippen LogP contribution in [0.3, 0.4) is 0 Å². The van der Waals surface area contributed by atoms with Gasteiger partial charge >= 0.3 is 0 Å². The van der Waals surface area contributed by atoms with Gasteiger partial charge in [0.25, 0.3) is 11.8 Å². The van der Waals surface area contributed by atoms with Gasteiger partial charge in [0.15, 0.2) is 5.82 Å². The van der Waals surface area contributed by atoms with Gasteiger partial charge in [0, 0.05) is 22.9 Å². The zero-order valence-electron chi connectivity index (χ0n) is 15.4. The quantitative estimate of drug-likeness (QED) is 0.693. The summed E-state index contributed by atoms with van der Waals surface area (Å²) < 4.78 is 4.91. The van der Waals surface area contributed by atoms with Crippen LogP contribution in [0, 0.1) is 6.92 Å². The van der Waals surface area contributed by atoms with Crippen molar-refractivity contribution in [3.05, 3.63) is 77.0 Å². The normalized spacial score (nSPS) is 10.7. The fourth-order valence-corrected chi connectivity index (χ4v) is 2.54. The Morgan fingerprint density at radius 1 is 0.889 bits per heavy atom. The van der Waals surface area contributed by atoms with Gasteiger partial charge in [-0.15, -0.1) is 0 Å². The monoisotopic (exact) mass is 363 g/mol. The maximum absolute atomic E-state index is 12.4. The zero-order valence-corrected chi connectivity index (χ0v) is 15.4. The summed E-state index contributed by atoms with van der Waals surface area (Å²) in [6.07, 6.45) is 0. The largest absolute Gasteiger partial charge is 0.360 e. The van der Waals surface area contributed by atoms with Crippen LogP contribution in [0.5, 0.6) is 0 Å².